The fourth-order valence-electron chi connectivity index (χ4n) is 3.10. The Morgan fingerprint density at radius 3 is 2.95 bits per heavy atom. The molecular formula is C15H20N4O2. The van der Waals surface area contributed by atoms with Crippen molar-refractivity contribution >= 4 is 5.91 Å². The monoisotopic (exact) mass is 288 g/mol. The van der Waals surface area contributed by atoms with Crippen LogP contribution in [-0.2, 0) is 25.4 Å². The molecule has 3 rings (SSSR count). The molecule has 1 atom stereocenters. The highest BCUT2D eigenvalue weighted by Gasteiger charge is 2.32. The van der Waals surface area contributed by atoms with E-state index in [0.29, 0.717) is 25.4 Å². The van der Waals surface area contributed by atoms with Crippen molar-refractivity contribution in [2.24, 2.45) is 14.1 Å². The lowest BCUT2D eigenvalue weighted by molar-refractivity contribution is 0.0666. The summed E-state index contributed by atoms with van der Waals surface area (Å²) in [6, 6.07) is 3.74. The molecule has 21 heavy (non-hydrogen) atoms. The highest BCUT2D eigenvalue weighted by Crippen LogP contribution is 2.29. The molecule has 0 aromatic carbocycles. The fourth-order valence-corrected chi connectivity index (χ4v) is 3.10. The zero-order chi connectivity index (χ0) is 15.0. The van der Waals surface area contributed by atoms with E-state index in [1.54, 1.807) is 7.11 Å². The maximum Gasteiger partial charge on any atom is 0.270 e. The normalized spacial score (nSPS) is 17.9. The molecule has 0 fully saturated rings. The molecule has 0 bridgehead atoms. The largest absolute Gasteiger partial charge is 0.384 e. The Balaban J connectivity index is 1.90. The fraction of sp³-hybridized carbons (Fsp3) is 0.467. The highest BCUT2D eigenvalue weighted by molar-refractivity contribution is 5.93. The van der Waals surface area contributed by atoms with Crippen LogP contribution in [0, 0.1) is 0 Å². The summed E-state index contributed by atoms with van der Waals surface area (Å²) in [6.07, 6.45) is 3.74. The molecule has 6 nitrogen and oxygen atoms in total. The molecule has 1 amide bonds. The van der Waals surface area contributed by atoms with E-state index in [0.717, 1.165) is 5.56 Å². The van der Waals surface area contributed by atoms with E-state index >= 15 is 0 Å². The molecule has 2 aromatic rings. The maximum absolute atomic E-state index is 12.7. The summed E-state index contributed by atoms with van der Waals surface area (Å²) in [5, 5.41) is 4.32. The Kier molecular flexibility index (Phi) is 3.55. The van der Waals surface area contributed by atoms with E-state index in [9.17, 15) is 4.79 Å². The number of ether oxygens (including phenoxy) is 1. The first-order valence-electron chi connectivity index (χ1n) is 7.02. The summed E-state index contributed by atoms with van der Waals surface area (Å²) < 4.78 is 9.07. The molecule has 1 aliphatic rings. The molecule has 2 aromatic heterocycles. The van der Waals surface area contributed by atoms with E-state index in [4.69, 9.17) is 4.74 Å². The smallest absolute Gasteiger partial charge is 0.270 e. The van der Waals surface area contributed by atoms with E-state index in [-0.39, 0.29) is 11.8 Å². The number of aromatic nitrogens is 3. The minimum absolute atomic E-state index is 0.0538. The van der Waals surface area contributed by atoms with E-state index in [1.807, 2.05) is 52.8 Å². The zero-order valence-electron chi connectivity index (χ0n) is 12.6. The third-order valence-corrected chi connectivity index (χ3v) is 4.07. The number of amides is 1. The third-order valence-electron chi connectivity index (χ3n) is 4.07. The van der Waals surface area contributed by atoms with Gasteiger partial charge in [0.1, 0.15) is 5.69 Å². The maximum atomic E-state index is 12.7. The number of fused-ring (bicyclic) bond motifs is 1. The minimum Gasteiger partial charge on any atom is -0.384 e. The quantitative estimate of drug-likeness (QED) is 0.851. The van der Waals surface area contributed by atoms with Crippen molar-refractivity contribution in [1.82, 2.24) is 19.2 Å². The van der Waals surface area contributed by atoms with Crippen LogP contribution in [0.1, 0.15) is 27.7 Å². The summed E-state index contributed by atoms with van der Waals surface area (Å²) in [4.78, 5) is 14.6. The SMILES string of the molecule is COC[C@H]1CN(C(=O)c2cccn2C)Cc2cnn(C)c21. The van der Waals surface area contributed by atoms with Crippen LogP contribution in [0.2, 0.25) is 0 Å². The molecule has 0 unspecified atom stereocenters. The standard InChI is InChI=1S/C15H20N4O2/c1-17-6-4-5-13(17)15(20)19-8-11-7-16-18(2)14(11)12(9-19)10-21-3/h4-7,12H,8-10H2,1-3H3/t12-/m1/s1. The topological polar surface area (TPSA) is 52.3 Å². The summed E-state index contributed by atoms with van der Waals surface area (Å²) in [6.45, 7) is 1.85. The summed E-state index contributed by atoms with van der Waals surface area (Å²) in [7, 11) is 5.52. The lowest BCUT2D eigenvalue weighted by atomic mass is 9.96. The molecule has 112 valence electrons. The molecule has 0 saturated heterocycles. The van der Waals surface area contributed by atoms with Gasteiger partial charge in [0.15, 0.2) is 0 Å². The van der Waals surface area contributed by atoms with E-state index < -0.39 is 0 Å². The molecule has 6 heteroatoms. The average molecular weight is 288 g/mol. The second-order valence-electron chi connectivity index (χ2n) is 5.52. The predicted octanol–water partition coefficient (Wildman–Crippen LogP) is 1.14. The van der Waals surface area contributed by atoms with Crippen LogP contribution in [-0.4, -0.2) is 45.4 Å². The molecule has 0 spiro atoms. The first kappa shape index (κ1) is 13.9. The number of rotatable bonds is 3. The molecule has 0 radical (unpaired) electrons. The van der Waals surface area contributed by atoms with Gasteiger partial charge in [0.05, 0.1) is 18.5 Å². The molecule has 0 saturated carbocycles. The third kappa shape index (κ3) is 2.35. The average Bonchev–Trinajstić information content (AvgIpc) is 3.05. The van der Waals surface area contributed by atoms with Gasteiger partial charge in [0.2, 0.25) is 0 Å². The number of methoxy groups -OCH3 is 1. The zero-order valence-corrected chi connectivity index (χ0v) is 12.6. The van der Waals surface area contributed by atoms with Crippen molar-refractivity contribution < 1.29 is 9.53 Å². The Labute approximate surface area is 123 Å². The van der Waals surface area contributed by atoms with Crippen molar-refractivity contribution in [3.05, 3.63) is 41.5 Å². The van der Waals surface area contributed by atoms with Gasteiger partial charge < -0.3 is 14.2 Å². The van der Waals surface area contributed by atoms with Gasteiger partial charge in [0.25, 0.3) is 5.91 Å². The van der Waals surface area contributed by atoms with Gasteiger partial charge in [0, 0.05) is 52.0 Å². The Morgan fingerprint density at radius 1 is 1.48 bits per heavy atom. The van der Waals surface area contributed by atoms with Crippen LogP contribution in [0.5, 0.6) is 0 Å². The molecule has 1 aliphatic heterocycles. The van der Waals surface area contributed by atoms with Gasteiger partial charge in [-0.05, 0) is 12.1 Å². The van der Waals surface area contributed by atoms with Crippen molar-refractivity contribution in [3.8, 4) is 0 Å². The molecule has 3 heterocycles. The number of nitrogens with zero attached hydrogens (tertiary/aromatic N) is 4. The minimum atomic E-state index is 0.0538. The first-order valence-corrected chi connectivity index (χ1v) is 7.02. The van der Waals surface area contributed by atoms with Crippen LogP contribution in [0.15, 0.2) is 24.5 Å². The van der Waals surface area contributed by atoms with Gasteiger partial charge in [-0.2, -0.15) is 5.10 Å². The lowest BCUT2D eigenvalue weighted by Crippen LogP contribution is -2.40. The predicted molar refractivity (Wildman–Crippen MR) is 78.0 cm³/mol. The van der Waals surface area contributed by atoms with E-state index in [2.05, 4.69) is 5.10 Å². The van der Waals surface area contributed by atoms with Crippen LogP contribution in [0.4, 0.5) is 0 Å². The molecular weight excluding hydrogens is 268 g/mol. The second kappa shape index (κ2) is 5.37. The number of hydrogen-bond acceptors (Lipinski definition) is 3. The number of hydrogen-bond donors (Lipinski definition) is 0. The number of carbonyl (C=O) groups is 1. The van der Waals surface area contributed by atoms with Crippen LogP contribution < -0.4 is 0 Å². The Bertz CT molecular complexity index is 658. The summed E-state index contributed by atoms with van der Waals surface area (Å²) >= 11 is 0. The van der Waals surface area contributed by atoms with Gasteiger partial charge in [-0.15, -0.1) is 0 Å². The second-order valence-corrected chi connectivity index (χ2v) is 5.52. The molecule has 0 aliphatic carbocycles. The van der Waals surface area contributed by atoms with Gasteiger partial charge in [-0.1, -0.05) is 0 Å². The van der Waals surface area contributed by atoms with Crippen LogP contribution in [0.25, 0.3) is 0 Å². The van der Waals surface area contributed by atoms with Gasteiger partial charge >= 0.3 is 0 Å². The molecule has 0 N–H and O–H groups in total. The van der Waals surface area contributed by atoms with Crippen molar-refractivity contribution in [1.29, 1.82) is 0 Å². The van der Waals surface area contributed by atoms with E-state index in [1.165, 1.54) is 5.69 Å². The highest BCUT2D eigenvalue weighted by atomic mass is 16.5. The number of carbonyl (C=O) groups excluding carboxylic acids is 1. The Hall–Kier alpha value is -2.08. The lowest BCUT2D eigenvalue weighted by Gasteiger charge is -2.33. The van der Waals surface area contributed by atoms with Crippen molar-refractivity contribution in [2.45, 2.75) is 12.5 Å². The van der Waals surface area contributed by atoms with Crippen LogP contribution in [0.3, 0.4) is 0 Å². The van der Waals surface area contributed by atoms with Crippen LogP contribution >= 0.6 is 0 Å². The van der Waals surface area contributed by atoms with Crippen molar-refractivity contribution in [3.63, 3.8) is 0 Å². The first-order chi connectivity index (χ1) is 10.1. The van der Waals surface area contributed by atoms with Gasteiger partial charge in [-0.3, -0.25) is 9.48 Å². The Morgan fingerprint density at radius 2 is 2.29 bits per heavy atom. The summed E-state index contributed by atoms with van der Waals surface area (Å²) in [5.74, 6) is 0.216. The van der Waals surface area contributed by atoms with Crippen molar-refractivity contribution in [2.75, 3.05) is 20.3 Å². The summed E-state index contributed by atoms with van der Waals surface area (Å²) in [5.41, 5.74) is 2.99. The number of aryl methyl sites for hydroxylation is 2. The van der Waals surface area contributed by atoms with Gasteiger partial charge in [-0.25, -0.2) is 0 Å².